The lowest BCUT2D eigenvalue weighted by Gasteiger charge is -2.30. The largest absolute Gasteiger partial charge is 0.494 e. The number of Topliss-reactive ketones (excluding diaryl/α,β-unsaturated/α-hetero) is 1. The summed E-state index contributed by atoms with van der Waals surface area (Å²) >= 11 is 0. The molecule has 0 bridgehead atoms. The molecule has 0 fully saturated rings. The van der Waals surface area contributed by atoms with Crippen LogP contribution in [0.25, 0.3) is 10.8 Å². The molecule has 0 amide bonds. The van der Waals surface area contributed by atoms with Crippen LogP contribution in [0.15, 0.2) is 102 Å². The van der Waals surface area contributed by atoms with Gasteiger partial charge in [-0.3, -0.25) is 4.79 Å². The minimum Gasteiger partial charge on any atom is -0.494 e. The number of fused-ring (bicyclic) bond motifs is 2. The number of hydrogen-bond acceptors (Lipinski definition) is 4. The van der Waals surface area contributed by atoms with Crippen LogP contribution in [0, 0.1) is 0 Å². The van der Waals surface area contributed by atoms with Gasteiger partial charge in [0.15, 0.2) is 5.78 Å². The van der Waals surface area contributed by atoms with Crippen LogP contribution in [-0.2, 0) is 4.79 Å². The van der Waals surface area contributed by atoms with Crippen LogP contribution in [-0.4, -0.2) is 12.4 Å². The molecule has 0 spiro atoms. The van der Waals surface area contributed by atoms with Gasteiger partial charge < -0.3 is 15.4 Å². The zero-order valence-electron chi connectivity index (χ0n) is 20.5. The van der Waals surface area contributed by atoms with Crippen molar-refractivity contribution < 1.29 is 9.53 Å². The Balaban J connectivity index is 1.39. The molecule has 0 saturated carbocycles. The van der Waals surface area contributed by atoms with E-state index in [2.05, 4.69) is 84.3 Å². The lowest BCUT2D eigenvalue weighted by atomic mass is 9.78. The summed E-state index contributed by atoms with van der Waals surface area (Å²) in [5, 5.41) is 9.71. The van der Waals surface area contributed by atoms with E-state index >= 15 is 0 Å². The van der Waals surface area contributed by atoms with E-state index in [4.69, 9.17) is 4.74 Å². The summed E-state index contributed by atoms with van der Waals surface area (Å²) in [6.07, 6.45) is 2.27. The number of allylic oxidation sites excluding steroid dienone is 1. The fraction of sp³-hybridized carbons (Fsp3) is 0.219. The maximum atomic E-state index is 13.8. The number of hydrogen-bond donors (Lipinski definition) is 2. The smallest absolute Gasteiger partial charge is 0.163 e. The van der Waals surface area contributed by atoms with Crippen molar-refractivity contribution in [2.75, 3.05) is 17.2 Å². The van der Waals surface area contributed by atoms with Crippen molar-refractivity contribution in [2.45, 2.75) is 38.1 Å². The number of benzene rings is 4. The summed E-state index contributed by atoms with van der Waals surface area (Å²) in [6.45, 7) is 2.81. The summed E-state index contributed by atoms with van der Waals surface area (Å²) in [6, 6.07) is 31.1. The van der Waals surface area contributed by atoms with Gasteiger partial charge in [0.2, 0.25) is 0 Å². The van der Waals surface area contributed by atoms with Crippen molar-refractivity contribution in [1.82, 2.24) is 0 Å². The average Bonchev–Trinajstić information content (AvgIpc) is 3.09. The molecule has 2 N–H and O–H groups in total. The minimum atomic E-state index is -0.209. The van der Waals surface area contributed by atoms with Gasteiger partial charge in [0, 0.05) is 17.7 Å². The highest BCUT2D eigenvalue weighted by atomic mass is 16.5. The SMILES string of the molecule is CCCOc1ccc(C2CC(=O)C3=C(C2)Nc2ccccc2NC3c2ccc3ccccc3c2)cc1. The first-order valence-electron chi connectivity index (χ1n) is 12.8. The van der Waals surface area contributed by atoms with Crippen LogP contribution in [0.5, 0.6) is 5.75 Å². The Hall–Kier alpha value is -4.05. The normalized spacial score (nSPS) is 19.1. The van der Waals surface area contributed by atoms with Crippen LogP contribution in [0.4, 0.5) is 11.4 Å². The first-order valence-corrected chi connectivity index (χ1v) is 12.8. The lowest BCUT2D eigenvalue weighted by Crippen LogP contribution is -2.26. The second-order valence-electron chi connectivity index (χ2n) is 9.69. The number of anilines is 2. The number of rotatable bonds is 5. The van der Waals surface area contributed by atoms with Crippen molar-refractivity contribution in [3.8, 4) is 5.75 Å². The molecular formula is C32H30N2O2. The van der Waals surface area contributed by atoms with E-state index in [0.717, 1.165) is 46.8 Å². The Morgan fingerprint density at radius 1 is 0.806 bits per heavy atom. The molecule has 6 rings (SSSR count). The highest BCUT2D eigenvalue weighted by Gasteiger charge is 2.36. The predicted molar refractivity (Wildman–Crippen MR) is 147 cm³/mol. The molecule has 0 aromatic heterocycles. The highest BCUT2D eigenvalue weighted by Crippen LogP contribution is 2.44. The summed E-state index contributed by atoms with van der Waals surface area (Å²) in [5.74, 6) is 1.20. The Kier molecular flexibility index (Phi) is 5.94. The van der Waals surface area contributed by atoms with Gasteiger partial charge in [-0.2, -0.15) is 0 Å². The summed E-state index contributed by atoms with van der Waals surface area (Å²) in [7, 11) is 0. The first kappa shape index (κ1) is 22.4. The Bertz CT molecular complexity index is 1450. The molecule has 4 nitrogen and oxygen atoms in total. The van der Waals surface area contributed by atoms with Gasteiger partial charge in [0.05, 0.1) is 24.0 Å². The van der Waals surface area contributed by atoms with E-state index in [1.807, 2.05) is 24.3 Å². The number of para-hydroxylation sites is 2. The Morgan fingerprint density at radius 3 is 2.33 bits per heavy atom. The summed E-state index contributed by atoms with van der Waals surface area (Å²) in [5.41, 5.74) is 6.15. The third kappa shape index (κ3) is 4.24. The number of carbonyl (C=O) groups is 1. The number of carbonyl (C=O) groups excluding carboxylic acids is 1. The van der Waals surface area contributed by atoms with Crippen LogP contribution in [0.2, 0.25) is 0 Å². The van der Waals surface area contributed by atoms with E-state index in [0.29, 0.717) is 13.0 Å². The van der Waals surface area contributed by atoms with Gasteiger partial charge in [0.25, 0.3) is 0 Å². The molecule has 2 unspecified atom stereocenters. The van der Waals surface area contributed by atoms with E-state index in [1.165, 1.54) is 16.3 Å². The average molecular weight is 475 g/mol. The molecule has 1 heterocycles. The molecule has 0 radical (unpaired) electrons. The highest BCUT2D eigenvalue weighted by molar-refractivity contribution is 6.01. The molecule has 4 aromatic rings. The van der Waals surface area contributed by atoms with Crippen molar-refractivity contribution in [3.05, 3.63) is 113 Å². The molecule has 1 aliphatic carbocycles. The van der Waals surface area contributed by atoms with Gasteiger partial charge >= 0.3 is 0 Å². The van der Waals surface area contributed by atoms with Crippen LogP contribution >= 0.6 is 0 Å². The third-order valence-electron chi connectivity index (χ3n) is 7.24. The molecule has 36 heavy (non-hydrogen) atoms. The second-order valence-corrected chi connectivity index (χ2v) is 9.69. The monoisotopic (exact) mass is 474 g/mol. The summed E-state index contributed by atoms with van der Waals surface area (Å²) < 4.78 is 5.76. The van der Waals surface area contributed by atoms with Crippen molar-refractivity contribution in [1.29, 1.82) is 0 Å². The zero-order valence-corrected chi connectivity index (χ0v) is 20.5. The van der Waals surface area contributed by atoms with Crippen LogP contribution < -0.4 is 15.4 Å². The quantitative estimate of drug-likeness (QED) is 0.313. The third-order valence-corrected chi connectivity index (χ3v) is 7.24. The topological polar surface area (TPSA) is 50.4 Å². The number of ketones is 1. The fourth-order valence-electron chi connectivity index (χ4n) is 5.42. The zero-order chi connectivity index (χ0) is 24.5. The Labute approximate surface area is 212 Å². The lowest BCUT2D eigenvalue weighted by molar-refractivity contribution is -0.116. The standard InChI is InChI=1S/C32H30N2O2/c1-2-17-36-26-15-13-22(14-16-26)25-19-29-31(30(35)20-25)32(34-28-10-6-5-9-27(28)33-29)24-12-11-21-7-3-4-8-23(21)18-24/h3-16,18,25,32-34H,2,17,19-20H2,1H3. The molecule has 1 aliphatic heterocycles. The van der Waals surface area contributed by atoms with E-state index in [-0.39, 0.29) is 17.7 Å². The van der Waals surface area contributed by atoms with Crippen molar-refractivity contribution in [2.24, 2.45) is 0 Å². The fourth-order valence-corrected chi connectivity index (χ4v) is 5.42. The molecule has 4 heteroatoms. The maximum absolute atomic E-state index is 13.8. The van der Waals surface area contributed by atoms with Crippen molar-refractivity contribution in [3.63, 3.8) is 0 Å². The van der Waals surface area contributed by atoms with E-state index in [1.54, 1.807) is 0 Å². The van der Waals surface area contributed by atoms with Crippen LogP contribution in [0.3, 0.4) is 0 Å². The molecule has 180 valence electrons. The number of ether oxygens (including phenoxy) is 1. The van der Waals surface area contributed by atoms with Gasteiger partial charge in [-0.1, -0.05) is 67.6 Å². The molecule has 2 aliphatic rings. The van der Waals surface area contributed by atoms with Crippen LogP contribution in [0.1, 0.15) is 49.3 Å². The van der Waals surface area contributed by atoms with Gasteiger partial charge in [-0.25, -0.2) is 0 Å². The molecular weight excluding hydrogens is 444 g/mol. The van der Waals surface area contributed by atoms with Gasteiger partial charge in [-0.15, -0.1) is 0 Å². The second kappa shape index (κ2) is 9.54. The van der Waals surface area contributed by atoms with E-state index in [9.17, 15) is 4.79 Å². The van der Waals surface area contributed by atoms with Crippen molar-refractivity contribution >= 4 is 27.9 Å². The van der Waals surface area contributed by atoms with E-state index < -0.39 is 0 Å². The Morgan fingerprint density at radius 2 is 1.53 bits per heavy atom. The maximum Gasteiger partial charge on any atom is 0.163 e. The minimum absolute atomic E-state index is 0.131. The first-order chi connectivity index (χ1) is 17.7. The number of nitrogens with one attached hydrogen (secondary N) is 2. The summed E-state index contributed by atoms with van der Waals surface area (Å²) in [4.78, 5) is 13.8. The molecule has 4 aromatic carbocycles. The predicted octanol–water partition coefficient (Wildman–Crippen LogP) is 7.61. The molecule has 2 atom stereocenters. The van der Waals surface area contributed by atoms with Gasteiger partial charge in [0.1, 0.15) is 5.75 Å². The van der Waals surface area contributed by atoms with Gasteiger partial charge in [-0.05, 0) is 71.0 Å². The molecule has 0 saturated heterocycles.